The molecule has 1 heterocycles. The Morgan fingerprint density at radius 2 is 2.08 bits per heavy atom. The molecule has 0 unspecified atom stereocenters. The summed E-state index contributed by atoms with van der Waals surface area (Å²) in [6.07, 6.45) is 1.08. The predicted octanol–water partition coefficient (Wildman–Crippen LogP) is 1.74. The van der Waals surface area contributed by atoms with E-state index in [1.807, 2.05) is 0 Å². The fourth-order valence-corrected chi connectivity index (χ4v) is 1.39. The lowest BCUT2D eigenvalue weighted by Crippen LogP contribution is -2.10. The van der Waals surface area contributed by atoms with Crippen LogP contribution in [-0.2, 0) is 0 Å². The molecular weight excluding hydrogens is 152 g/mol. The maximum absolute atomic E-state index is 3.95. The molecule has 68 valence electrons. The first kappa shape index (κ1) is 9.16. The van der Waals surface area contributed by atoms with E-state index in [1.54, 1.807) is 0 Å². The molecule has 1 rings (SSSR count). The van der Waals surface area contributed by atoms with Gasteiger partial charge in [-0.3, -0.25) is 0 Å². The van der Waals surface area contributed by atoms with E-state index in [9.17, 15) is 0 Å². The lowest BCUT2D eigenvalue weighted by atomic mass is 9.85. The van der Waals surface area contributed by atoms with E-state index in [0.717, 1.165) is 12.2 Å². The number of rotatable bonds is 2. The van der Waals surface area contributed by atoms with Crippen molar-refractivity contribution in [1.29, 1.82) is 0 Å². The number of aromatic amines is 1. The van der Waals surface area contributed by atoms with Gasteiger partial charge in [0.2, 0.25) is 0 Å². The molecule has 0 fully saturated rings. The van der Waals surface area contributed by atoms with Crippen molar-refractivity contribution in [1.82, 2.24) is 20.6 Å². The summed E-state index contributed by atoms with van der Waals surface area (Å²) in [5.74, 6) is 1.19. The zero-order chi connectivity index (χ0) is 9.19. The topological polar surface area (TPSA) is 54.5 Å². The summed E-state index contributed by atoms with van der Waals surface area (Å²) in [7, 11) is 0. The van der Waals surface area contributed by atoms with Gasteiger partial charge < -0.3 is 0 Å². The Morgan fingerprint density at radius 1 is 1.42 bits per heavy atom. The van der Waals surface area contributed by atoms with Gasteiger partial charge in [0.05, 0.1) is 0 Å². The van der Waals surface area contributed by atoms with E-state index < -0.39 is 0 Å². The predicted molar refractivity (Wildman–Crippen MR) is 46.7 cm³/mol. The summed E-state index contributed by atoms with van der Waals surface area (Å²) in [5.41, 5.74) is 0.319. The average molecular weight is 168 g/mol. The number of H-pyrrole nitrogens is 1. The standard InChI is InChI=1S/C8H16N4/c1-6(5-8(2,3)4)7-9-11-12-10-7/h6H,5H2,1-4H3,(H,9,10,11,12)/t6-/m0/s1. The normalized spacial score (nSPS) is 14.7. The molecule has 0 spiro atoms. The van der Waals surface area contributed by atoms with Crippen molar-refractivity contribution in [2.75, 3.05) is 0 Å². The third-order valence-electron chi connectivity index (χ3n) is 1.72. The number of hydrogen-bond acceptors (Lipinski definition) is 3. The molecule has 0 saturated carbocycles. The highest BCUT2D eigenvalue weighted by Gasteiger charge is 2.18. The first-order valence-electron chi connectivity index (χ1n) is 4.22. The lowest BCUT2D eigenvalue weighted by molar-refractivity contribution is 0.343. The molecule has 0 bridgehead atoms. The fourth-order valence-electron chi connectivity index (χ4n) is 1.39. The summed E-state index contributed by atoms with van der Waals surface area (Å²) in [6, 6.07) is 0. The second-order valence-electron chi connectivity index (χ2n) is 4.44. The van der Waals surface area contributed by atoms with Gasteiger partial charge in [-0.1, -0.05) is 32.9 Å². The van der Waals surface area contributed by atoms with Crippen molar-refractivity contribution in [2.24, 2.45) is 5.41 Å². The summed E-state index contributed by atoms with van der Waals surface area (Å²) in [6.45, 7) is 8.76. The molecule has 1 aromatic heterocycles. The van der Waals surface area contributed by atoms with Gasteiger partial charge >= 0.3 is 0 Å². The molecule has 0 aliphatic rings. The van der Waals surface area contributed by atoms with Gasteiger partial charge in [-0.05, 0) is 11.8 Å². The summed E-state index contributed by atoms with van der Waals surface area (Å²) < 4.78 is 0. The highest BCUT2D eigenvalue weighted by Crippen LogP contribution is 2.28. The quantitative estimate of drug-likeness (QED) is 0.731. The Hall–Kier alpha value is -0.930. The van der Waals surface area contributed by atoms with Gasteiger partial charge in [0, 0.05) is 5.92 Å². The largest absolute Gasteiger partial charge is 0.177 e. The van der Waals surface area contributed by atoms with E-state index in [1.165, 1.54) is 0 Å². The second-order valence-corrected chi connectivity index (χ2v) is 4.44. The molecule has 12 heavy (non-hydrogen) atoms. The third kappa shape index (κ3) is 2.60. The maximum Gasteiger partial charge on any atom is 0.177 e. The Morgan fingerprint density at radius 3 is 2.50 bits per heavy atom. The minimum Gasteiger partial charge on any atom is -0.177 e. The van der Waals surface area contributed by atoms with Crippen LogP contribution in [0.5, 0.6) is 0 Å². The van der Waals surface area contributed by atoms with Crippen LogP contribution >= 0.6 is 0 Å². The monoisotopic (exact) mass is 168 g/mol. The van der Waals surface area contributed by atoms with Gasteiger partial charge in [-0.2, -0.15) is 5.21 Å². The Kier molecular flexibility index (Phi) is 2.45. The zero-order valence-electron chi connectivity index (χ0n) is 8.13. The molecule has 0 aromatic carbocycles. The average Bonchev–Trinajstić information content (AvgIpc) is 2.32. The molecular formula is C8H16N4. The zero-order valence-corrected chi connectivity index (χ0v) is 8.13. The maximum atomic E-state index is 3.95. The number of nitrogens with zero attached hydrogens (tertiary/aromatic N) is 3. The van der Waals surface area contributed by atoms with Crippen molar-refractivity contribution in [3.63, 3.8) is 0 Å². The van der Waals surface area contributed by atoms with Crippen LogP contribution in [0.15, 0.2) is 0 Å². The molecule has 4 heteroatoms. The van der Waals surface area contributed by atoms with E-state index in [0.29, 0.717) is 11.3 Å². The van der Waals surface area contributed by atoms with E-state index in [2.05, 4.69) is 48.3 Å². The minimum absolute atomic E-state index is 0.319. The van der Waals surface area contributed by atoms with Crippen LogP contribution in [0.2, 0.25) is 0 Å². The first-order valence-corrected chi connectivity index (χ1v) is 4.22. The Balaban J connectivity index is 2.56. The second kappa shape index (κ2) is 3.21. The smallest absolute Gasteiger partial charge is 0.177 e. The fraction of sp³-hybridized carbons (Fsp3) is 0.875. The Bertz CT molecular complexity index is 222. The van der Waals surface area contributed by atoms with Crippen molar-refractivity contribution in [3.8, 4) is 0 Å². The van der Waals surface area contributed by atoms with Crippen LogP contribution in [0.25, 0.3) is 0 Å². The third-order valence-corrected chi connectivity index (χ3v) is 1.72. The lowest BCUT2D eigenvalue weighted by Gasteiger charge is -2.20. The minimum atomic E-state index is 0.319. The van der Waals surface area contributed by atoms with Crippen LogP contribution in [0.1, 0.15) is 45.9 Å². The van der Waals surface area contributed by atoms with Crippen LogP contribution < -0.4 is 0 Å². The van der Waals surface area contributed by atoms with Gasteiger partial charge in [0.1, 0.15) is 0 Å². The molecule has 0 aliphatic carbocycles. The SMILES string of the molecule is C[C@@H](CC(C)(C)C)c1nn[nH]n1. The highest BCUT2D eigenvalue weighted by molar-refractivity contribution is 4.89. The van der Waals surface area contributed by atoms with Gasteiger partial charge in [-0.25, -0.2) is 0 Å². The molecule has 1 atom stereocenters. The summed E-state index contributed by atoms with van der Waals surface area (Å²) in [4.78, 5) is 0. The first-order chi connectivity index (χ1) is 5.49. The van der Waals surface area contributed by atoms with Crippen LogP contribution in [0.4, 0.5) is 0 Å². The van der Waals surface area contributed by atoms with Crippen molar-refractivity contribution in [3.05, 3.63) is 5.82 Å². The van der Waals surface area contributed by atoms with Crippen molar-refractivity contribution < 1.29 is 0 Å². The van der Waals surface area contributed by atoms with Gasteiger partial charge in [-0.15, -0.1) is 10.2 Å². The molecule has 0 amide bonds. The summed E-state index contributed by atoms with van der Waals surface area (Å²) in [5, 5.41) is 13.9. The molecule has 0 radical (unpaired) electrons. The van der Waals surface area contributed by atoms with E-state index in [-0.39, 0.29) is 0 Å². The van der Waals surface area contributed by atoms with E-state index in [4.69, 9.17) is 0 Å². The van der Waals surface area contributed by atoms with E-state index >= 15 is 0 Å². The number of aromatic nitrogens is 4. The number of tetrazole rings is 1. The van der Waals surface area contributed by atoms with Crippen LogP contribution in [-0.4, -0.2) is 20.6 Å². The van der Waals surface area contributed by atoms with Crippen LogP contribution in [0, 0.1) is 5.41 Å². The molecule has 0 saturated heterocycles. The van der Waals surface area contributed by atoms with Crippen molar-refractivity contribution >= 4 is 0 Å². The van der Waals surface area contributed by atoms with Gasteiger partial charge in [0.15, 0.2) is 5.82 Å². The highest BCUT2D eigenvalue weighted by atomic mass is 15.5. The molecule has 4 nitrogen and oxygen atoms in total. The van der Waals surface area contributed by atoms with Gasteiger partial charge in [0.25, 0.3) is 0 Å². The number of nitrogens with one attached hydrogen (secondary N) is 1. The molecule has 0 aliphatic heterocycles. The molecule has 1 N–H and O–H groups in total. The molecule has 1 aromatic rings. The number of hydrogen-bond donors (Lipinski definition) is 1. The Labute approximate surface area is 72.8 Å². The van der Waals surface area contributed by atoms with Crippen molar-refractivity contribution in [2.45, 2.75) is 40.0 Å². The summed E-state index contributed by atoms with van der Waals surface area (Å²) >= 11 is 0. The van der Waals surface area contributed by atoms with Crippen LogP contribution in [0.3, 0.4) is 0 Å².